The molecule has 1 N–H and O–H groups in total. The Morgan fingerprint density at radius 2 is 1.92 bits per heavy atom. The number of thiophene rings is 1. The zero-order valence-corrected chi connectivity index (χ0v) is 15.9. The summed E-state index contributed by atoms with van der Waals surface area (Å²) in [5.41, 5.74) is 1.99. The molecular formula is C17H18N2O2S3. The topological polar surface area (TPSA) is 59.1 Å². The molecule has 0 aliphatic heterocycles. The van der Waals surface area contributed by atoms with Crippen LogP contribution < -0.4 is 4.72 Å². The van der Waals surface area contributed by atoms with Crippen LogP contribution in [-0.4, -0.2) is 13.4 Å². The van der Waals surface area contributed by atoms with Gasteiger partial charge in [-0.15, -0.1) is 22.7 Å². The fraction of sp³-hybridized carbons (Fsp3) is 0.235. The second kappa shape index (κ2) is 7.14. The quantitative estimate of drug-likeness (QED) is 0.698. The van der Waals surface area contributed by atoms with Gasteiger partial charge in [0.15, 0.2) is 0 Å². The van der Waals surface area contributed by atoms with Crippen molar-refractivity contribution in [3.05, 3.63) is 57.9 Å². The van der Waals surface area contributed by atoms with E-state index < -0.39 is 10.0 Å². The summed E-state index contributed by atoms with van der Waals surface area (Å²) in [5, 5.41) is 2.94. The van der Waals surface area contributed by atoms with Crippen molar-refractivity contribution in [3.63, 3.8) is 0 Å². The van der Waals surface area contributed by atoms with Gasteiger partial charge >= 0.3 is 0 Å². The average Bonchev–Trinajstić information content (AvgIpc) is 3.23. The van der Waals surface area contributed by atoms with Gasteiger partial charge in [0, 0.05) is 11.4 Å². The normalized spacial score (nSPS) is 11.8. The van der Waals surface area contributed by atoms with Crippen molar-refractivity contribution < 1.29 is 8.42 Å². The van der Waals surface area contributed by atoms with E-state index in [1.54, 1.807) is 23.5 Å². The highest BCUT2D eigenvalue weighted by atomic mass is 32.2. The monoisotopic (exact) mass is 378 g/mol. The molecule has 0 aliphatic carbocycles. The maximum atomic E-state index is 12.4. The number of thiazole rings is 1. The molecule has 0 radical (unpaired) electrons. The summed E-state index contributed by atoms with van der Waals surface area (Å²) in [5.74, 6) is 0. The van der Waals surface area contributed by atoms with E-state index in [1.165, 1.54) is 11.3 Å². The molecule has 2 heterocycles. The van der Waals surface area contributed by atoms with Crippen LogP contribution in [0.5, 0.6) is 0 Å². The maximum Gasteiger partial charge on any atom is 0.240 e. The van der Waals surface area contributed by atoms with E-state index >= 15 is 0 Å². The van der Waals surface area contributed by atoms with E-state index in [9.17, 15) is 8.42 Å². The van der Waals surface area contributed by atoms with Crippen molar-refractivity contribution in [3.8, 4) is 9.88 Å². The minimum Gasteiger partial charge on any atom is -0.240 e. The number of nitrogens with zero attached hydrogens (tertiary/aromatic N) is 1. The van der Waals surface area contributed by atoms with E-state index in [1.807, 2.05) is 43.5 Å². The van der Waals surface area contributed by atoms with E-state index in [2.05, 4.69) is 9.71 Å². The van der Waals surface area contributed by atoms with Crippen molar-refractivity contribution >= 4 is 32.7 Å². The van der Waals surface area contributed by atoms with Gasteiger partial charge in [-0.25, -0.2) is 18.1 Å². The number of nitrogens with one attached hydrogen (secondary N) is 1. The second-order valence-corrected chi connectivity index (χ2v) is 9.13. The van der Waals surface area contributed by atoms with Crippen molar-refractivity contribution in [2.24, 2.45) is 0 Å². The lowest BCUT2D eigenvalue weighted by Crippen LogP contribution is -2.23. The third-order valence-electron chi connectivity index (χ3n) is 3.69. The summed E-state index contributed by atoms with van der Waals surface area (Å²) < 4.78 is 27.5. The van der Waals surface area contributed by atoms with E-state index in [0.717, 1.165) is 32.4 Å². The largest absolute Gasteiger partial charge is 0.240 e. The highest BCUT2D eigenvalue weighted by Gasteiger charge is 2.16. The lowest BCUT2D eigenvalue weighted by Gasteiger charge is -2.06. The minimum absolute atomic E-state index is 0.257. The van der Waals surface area contributed by atoms with Gasteiger partial charge in [-0.2, -0.15) is 0 Å². The first-order valence-corrected chi connectivity index (χ1v) is 10.8. The van der Waals surface area contributed by atoms with Crippen molar-refractivity contribution in [1.29, 1.82) is 0 Å². The molecule has 0 saturated carbocycles. The van der Waals surface area contributed by atoms with Gasteiger partial charge in [0.1, 0.15) is 5.01 Å². The predicted octanol–water partition coefficient (Wildman–Crippen LogP) is 4.22. The summed E-state index contributed by atoms with van der Waals surface area (Å²) in [7, 11) is -3.51. The molecule has 1 aromatic carbocycles. The molecule has 126 valence electrons. The Morgan fingerprint density at radius 1 is 1.17 bits per heavy atom. The summed E-state index contributed by atoms with van der Waals surface area (Å²) in [6.07, 6.45) is 0.888. The summed E-state index contributed by atoms with van der Waals surface area (Å²) in [6.45, 7) is 4.21. The van der Waals surface area contributed by atoms with Crippen LogP contribution in [0.2, 0.25) is 0 Å². The SMILES string of the molecule is CCc1ccc(S(=O)(=O)NCc2sc(-c3cccs3)nc2C)cc1. The van der Waals surface area contributed by atoms with Crippen LogP contribution in [0.1, 0.15) is 23.1 Å². The molecule has 3 rings (SSSR count). The molecule has 0 aliphatic rings. The molecule has 0 fully saturated rings. The highest BCUT2D eigenvalue weighted by Crippen LogP contribution is 2.31. The van der Waals surface area contributed by atoms with Crippen LogP contribution in [0.15, 0.2) is 46.7 Å². The van der Waals surface area contributed by atoms with Crippen molar-refractivity contribution in [2.75, 3.05) is 0 Å². The first-order valence-electron chi connectivity index (χ1n) is 7.58. The lowest BCUT2D eigenvalue weighted by molar-refractivity contribution is 0.581. The Morgan fingerprint density at radius 3 is 2.54 bits per heavy atom. The zero-order valence-electron chi connectivity index (χ0n) is 13.4. The summed E-state index contributed by atoms with van der Waals surface area (Å²) in [6, 6.07) is 11.0. The van der Waals surface area contributed by atoms with Gasteiger partial charge in [-0.3, -0.25) is 0 Å². The predicted molar refractivity (Wildman–Crippen MR) is 100 cm³/mol. The number of benzene rings is 1. The van der Waals surface area contributed by atoms with Crippen LogP contribution in [0.4, 0.5) is 0 Å². The van der Waals surface area contributed by atoms with Gasteiger partial charge in [0.25, 0.3) is 0 Å². The van der Waals surface area contributed by atoms with E-state index in [-0.39, 0.29) is 6.54 Å². The number of sulfonamides is 1. The third kappa shape index (κ3) is 3.75. The number of rotatable bonds is 6. The Balaban J connectivity index is 1.75. The molecule has 0 atom stereocenters. The van der Waals surface area contributed by atoms with Crippen molar-refractivity contribution in [2.45, 2.75) is 31.7 Å². The number of hydrogen-bond acceptors (Lipinski definition) is 5. The average molecular weight is 379 g/mol. The Bertz CT molecular complexity index is 911. The minimum atomic E-state index is -3.51. The summed E-state index contributed by atoms with van der Waals surface area (Å²) in [4.78, 5) is 6.88. The first kappa shape index (κ1) is 17.3. The Kier molecular flexibility index (Phi) is 5.15. The number of aryl methyl sites for hydroxylation is 2. The van der Waals surface area contributed by atoms with Gasteiger partial charge in [0.05, 0.1) is 15.5 Å². The van der Waals surface area contributed by atoms with Crippen LogP contribution >= 0.6 is 22.7 Å². The Hall–Kier alpha value is -1.54. The number of hydrogen-bond donors (Lipinski definition) is 1. The van der Waals surface area contributed by atoms with Crippen LogP contribution in [0.25, 0.3) is 9.88 Å². The van der Waals surface area contributed by atoms with Crippen LogP contribution in [-0.2, 0) is 23.0 Å². The van der Waals surface area contributed by atoms with Crippen LogP contribution in [0, 0.1) is 6.92 Å². The molecule has 3 aromatic rings. The molecule has 4 nitrogen and oxygen atoms in total. The maximum absolute atomic E-state index is 12.4. The molecule has 0 unspecified atom stereocenters. The van der Waals surface area contributed by atoms with Gasteiger partial charge in [-0.1, -0.05) is 25.1 Å². The summed E-state index contributed by atoms with van der Waals surface area (Å²) >= 11 is 3.16. The van der Waals surface area contributed by atoms with Crippen LogP contribution in [0.3, 0.4) is 0 Å². The highest BCUT2D eigenvalue weighted by molar-refractivity contribution is 7.89. The van der Waals surface area contributed by atoms with Gasteiger partial charge in [-0.05, 0) is 42.5 Å². The third-order valence-corrected chi connectivity index (χ3v) is 7.30. The van der Waals surface area contributed by atoms with Crippen molar-refractivity contribution in [1.82, 2.24) is 9.71 Å². The fourth-order valence-electron chi connectivity index (χ4n) is 2.25. The van der Waals surface area contributed by atoms with Gasteiger partial charge < -0.3 is 0 Å². The fourth-order valence-corrected chi connectivity index (χ4v) is 5.13. The molecule has 24 heavy (non-hydrogen) atoms. The first-order chi connectivity index (χ1) is 11.5. The molecule has 0 bridgehead atoms. The Labute approximate surface area is 150 Å². The second-order valence-electron chi connectivity index (χ2n) is 5.33. The molecule has 2 aromatic heterocycles. The molecule has 0 amide bonds. The van der Waals surface area contributed by atoms with Gasteiger partial charge in [0.2, 0.25) is 10.0 Å². The zero-order chi connectivity index (χ0) is 17.2. The van der Waals surface area contributed by atoms with E-state index in [0.29, 0.717) is 4.90 Å². The number of aromatic nitrogens is 1. The van der Waals surface area contributed by atoms with E-state index in [4.69, 9.17) is 0 Å². The molecular weight excluding hydrogens is 360 g/mol. The standard InChI is InChI=1S/C17H18N2O2S3/c1-3-13-6-8-14(9-7-13)24(20,21)18-11-16-12(2)19-17(23-16)15-5-4-10-22-15/h4-10,18H,3,11H2,1-2H3. The molecule has 0 saturated heterocycles. The molecule has 0 spiro atoms. The molecule has 7 heteroatoms. The smallest absolute Gasteiger partial charge is 0.240 e. The lowest BCUT2D eigenvalue weighted by atomic mass is 10.2.